The van der Waals surface area contributed by atoms with E-state index in [1.54, 1.807) is 0 Å². The fourth-order valence-corrected chi connectivity index (χ4v) is 1.85. The molecular formula is C11H7BrN2. The first-order valence-electron chi connectivity index (χ1n) is 4.12. The summed E-state index contributed by atoms with van der Waals surface area (Å²) in [4.78, 5) is 0. The van der Waals surface area contributed by atoms with Gasteiger partial charge in [-0.25, -0.2) is 0 Å². The molecule has 1 aromatic heterocycles. The summed E-state index contributed by atoms with van der Waals surface area (Å²) in [6.45, 7) is 2.00. The third-order valence-electron chi connectivity index (χ3n) is 2.07. The predicted molar refractivity (Wildman–Crippen MR) is 59.9 cm³/mol. The van der Waals surface area contributed by atoms with E-state index < -0.39 is 0 Å². The van der Waals surface area contributed by atoms with E-state index in [2.05, 4.69) is 32.0 Å². The van der Waals surface area contributed by atoms with Crippen molar-refractivity contribution in [2.45, 2.75) is 6.92 Å². The summed E-state index contributed by atoms with van der Waals surface area (Å²) in [7, 11) is 0. The monoisotopic (exact) mass is 246 g/mol. The highest BCUT2D eigenvalue weighted by molar-refractivity contribution is 9.10. The van der Waals surface area contributed by atoms with Gasteiger partial charge in [-0.05, 0) is 34.3 Å². The number of hydrogen-bond acceptors (Lipinski definition) is 2. The lowest BCUT2D eigenvalue weighted by Gasteiger charge is -2.02. The summed E-state index contributed by atoms with van der Waals surface area (Å²) in [5, 5.41) is 9.05. The zero-order valence-electron chi connectivity index (χ0n) is 7.58. The van der Waals surface area contributed by atoms with Gasteiger partial charge in [0.2, 0.25) is 0 Å². The molecule has 0 amide bonds. The first-order valence-corrected chi connectivity index (χ1v) is 4.91. The van der Waals surface area contributed by atoms with Gasteiger partial charge in [-0.3, -0.25) is 0 Å². The van der Waals surface area contributed by atoms with Crippen LogP contribution in [-0.2, 0) is 0 Å². The Morgan fingerprint density at radius 1 is 1.36 bits per heavy atom. The molecule has 1 aromatic carbocycles. The summed E-state index contributed by atoms with van der Waals surface area (Å²) in [5.74, 6) is 2.49. The van der Waals surface area contributed by atoms with Gasteiger partial charge >= 0.3 is 0 Å². The Bertz CT molecular complexity index is 541. The predicted octanol–water partition coefficient (Wildman–Crippen LogP) is 2.68. The van der Waals surface area contributed by atoms with Crippen LogP contribution in [0, 0.1) is 19.3 Å². The summed E-state index contributed by atoms with van der Waals surface area (Å²) in [6.07, 6.45) is 5.30. The van der Waals surface area contributed by atoms with Crippen LogP contribution >= 0.6 is 15.9 Å². The average Bonchev–Trinajstić information content (AvgIpc) is 2.20. The van der Waals surface area contributed by atoms with Crippen LogP contribution in [0.15, 0.2) is 22.7 Å². The molecule has 0 aliphatic rings. The topological polar surface area (TPSA) is 25.8 Å². The molecule has 0 fully saturated rings. The number of aryl methyl sites for hydroxylation is 1. The molecule has 0 N–H and O–H groups in total. The molecular weight excluding hydrogens is 240 g/mol. The molecule has 0 aliphatic carbocycles. The van der Waals surface area contributed by atoms with Gasteiger partial charge in [0.25, 0.3) is 0 Å². The molecule has 0 aliphatic heterocycles. The first-order chi connectivity index (χ1) is 6.74. The molecule has 68 valence electrons. The van der Waals surface area contributed by atoms with Crippen molar-refractivity contribution in [3.05, 3.63) is 33.9 Å². The number of aromatic nitrogens is 2. The summed E-state index contributed by atoms with van der Waals surface area (Å²) >= 11 is 3.43. The van der Waals surface area contributed by atoms with Crippen molar-refractivity contribution >= 4 is 26.8 Å². The lowest BCUT2D eigenvalue weighted by Crippen LogP contribution is -1.93. The van der Waals surface area contributed by atoms with Crippen LogP contribution in [-0.4, -0.2) is 10.2 Å². The van der Waals surface area contributed by atoms with E-state index in [4.69, 9.17) is 6.42 Å². The Kier molecular flexibility index (Phi) is 2.22. The van der Waals surface area contributed by atoms with Crippen LogP contribution in [0.2, 0.25) is 0 Å². The number of nitrogens with zero attached hydrogens (tertiary/aromatic N) is 2. The molecule has 0 spiro atoms. The van der Waals surface area contributed by atoms with E-state index in [-0.39, 0.29) is 0 Å². The standard InChI is InChI=1S/C11H7BrN2/c1-3-9-10(12)8-6-4-5-7(2)11(8)14-13-9/h1,4-6H,2H3. The van der Waals surface area contributed by atoms with Crippen LogP contribution in [0.25, 0.3) is 10.9 Å². The average molecular weight is 247 g/mol. The molecule has 2 nitrogen and oxygen atoms in total. The van der Waals surface area contributed by atoms with E-state index >= 15 is 0 Å². The Labute approximate surface area is 90.5 Å². The highest BCUT2D eigenvalue weighted by Gasteiger charge is 2.06. The lowest BCUT2D eigenvalue weighted by atomic mass is 10.1. The summed E-state index contributed by atoms with van der Waals surface area (Å²) in [6, 6.07) is 5.95. The lowest BCUT2D eigenvalue weighted by molar-refractivity contribution is 1.04. The maximum Gasteiger partial charge on any atom is 0.150 e. The Morgan fingerprint density at radius 2 is 2.14 bits per heavy atom. The van der Waals surface area contributed by atoms with Crippen LogP contribution < -0.4 is 0 Å². The third-order valence-corrected chi connectivity index (χ3v) is 2.87. The third kappa shape index (κ3) is 1.28. The smallest absolute Gasteiger partial charge is 0.149 e. The van der Waals surface area contributed by atoms with Crippen molar-refractivity contribution < 1.29 is 0 Å². The second-order valence-electron chi connectivity index (χ2n) is 2.98. The molecule has 1 heterocycles. The minimum atomic E-state index is 0.545. The molecule has 0 bridgehead atoms. The number of hydrogen-bond donors (Lipinski definition) is 0. The van der Waals surface area contributed by atoms with Crippen molar-refractivity contribution in [3.63, 3.8) is 0 Å². The summed E-state index contributed by atoms with van der Waals surface area (Å²) in [5.41, 5.74) is 2.53. The van der Waals surface area contributed by atoms with Gasteiger partial charge in [0.15, 0.2) is 0 Å². The van der Waals surface area contributed by atoms with Gasteiger partial charge in [-0.2, -0.15) is 0 Å². The van der Waals surface area contributed by atoms with Crippen LogP contribution in [0.1, 0.15) is 11.3 Å². The SMILES string of the molecule is C#Cc1nnc2c(C)cccc2c1Br. The number of fused-ring (bicyclic) bond motifs is 1. The van der Waals surface area contributed by atoms with Gasteiger partial charge in [0.1, 0.15) is 5.69 Å². The van der Waals surface area contributed by atoms with E-state index in [0.29, 0.717) is 5.69 Å². The molecule has 0 radical (unpaired) electrons. The van der Waals surface area contributed by atoms with Crippen molar-refractivity contribution in [2.75, 3.05) is 0 Å². The van der Waals surface area contributed by atoms with Gasteiger partial charge in [0, 0.05) is 5.39 Å². The van der Waals surface area contributed by atoms with Crippen LogP contribution in [0.3, 0.4) is 0 Å². The van der Waals surface area contributed by atoms with Crippen LogP contribution in [0.5, 0.6) is 0 Å². The van der Waals surface area contributed by atoms with Gasteiger partial charge in [-0.1, -0.05) is 18.2 Å². The van der Waals surface area contributed by atoms with E-state index in [0.717, 1.165) is 20.9 Å². The molecule has 2 aromatic rings. The second-order valence-corrected chi connectivity index (χ2v) is 3.77. The Balaban J connectivity index is 2.92. The number of terminal acetylenes is 1. The number of halogens is 1. The fourth-order valence-electron chi connectivity index (χ4n) is 1.33. The first kappa shape index (κ1) is 9.17. The van der Waals surface area contributed by atoms with E-state index in [1.165, 1.54) is 0 Å². The number of rotatable bonds is 0. The maximum atomic E-state index is 5.30. The van der Waals surface area contributed by atoms with Crippen molar-refractivity contribution in [3.8, 4) is 12.3 Å². The van der Waals surface area contributed by atoms with Gasteiger partial charge in [0.05, 0.1) is 9.99 Å². The van der Waals surface area contributed by atoms with Gasteiger partial charge in [-0.15, -0.1) is 16.6 Å². The highest BCUT2D eigenvalue weighted by atomic mass is 79.9. The molecule has 14 heavy (non-hydrogen) atoms. The van der Waals surface area contributed by atoms with Crippen molar-refractivity contribution in [2.24, 2.45) is 0 Å². The Hall–Kier alpha value is -1.40. The molecule has 0 atom stereocenters. The second kappa shape index (κ2) is 3.39. The molecule has 3 heteroatoms. The molecule has 0 saturated carbocycles. The fraction of sp³-hybridized carbons (Fsp3) is 0.0909. The largest absolute Gasteiger partial charge is 0.150 e. The van der Waals surface area contributed by atoms with Crippen molar-refractivity contribution in [1.82, 2.24) is 10.2 Å². The zero-order chi connectivity index (χ0) is 10.1. The molecule has 0 saturated heterocycles. The minimum Gasteiger partial charge on any atom is -0.149 e. The van der Waals surface area contributed by atoms with E-state index in [9.17, 15) is 0 Å². The zero-order valence-corrected chi connectivity index (χ0v) is 9.17. The Morgan fingerprint density at radius 3 is 2.86 bits per heavy atom. The maximum absolute atomic E-state index is 5.30. The normalized spacial score (nSPS) is 10.1. The van der Waals surface area contributed by atoms with Crippen molar-refractivity contribution in [1.29, 1.82) is 0 Å². The highest BCUT2D eigenvalue weighted by Crippen LogP contribution is 2.25. The quantitative estimate of drug-likeness (QED) is 0.669. The van der Waals surface area contributed by atoms with Gasteiger partial charge < -0.3 is 0 Å². The van der Waals surface area contributed by atoms with Crippen LogP contribution in [0.4, 0.5) is 0 Å². The molecule has 0 unspecified atom stereocenters. The number of benzene rings is 1. The molecule has 2 rings (SSSR count). The minimum absolute atomic E-state index is 0.545. The summed E-state index contributed by atoms with van der Waals surface area (Å²) < 4.78 is 0.841. The van der Waals surface area contributed by atoms with E-state index in [1.807, 2.05) is 25.1 Å².